The Hall–Kier alpha value is -1.32. The van der Waals surface area contributed by atoms with Gasteiger partial charge in [0.1, 0.15) is 11.3 Å². The van der Waals surface area contributed by atoms with Gasteiger partial charge in [-0.2, -0.15) is 0 Å². The van der Waals surface area contributed by atoms with Crippen LogP contribution in [0.3, 0.4) is 0 Å². The predicted molar refractivity (Wildman–Crippen MR) is 73.7 cm³/mol. The molecule has 1 atom stereocenters. The summed E-state index contributed by atoms with van der Waals surface area (Å²) in [7, 11) is 1.74. The molecule has 1 heterocycles. The fourth-order valence-electron chi connectivity index (χ4n) is 2.23. The van der Waals surface area contributed by atoms with Crippen LogP contribution >= 0.6 is 0 Å². The normalized spacial score (nSPS) is 13.1. The van der Waals surface area contributed by atoms with E-state index in [9.17, 15) is 0 Å². The van der Waals surface area contributed by atoms with Gasteiger partial charge in [0.05, 0.1) is 0 Å². The maximum Gasteiger partial charge on any atom is 0.134 e. The Bertz CT molecular complexity index is 504. The van der Waals surface area contributed by atoms with Gasteiger partial charge in [-0.1, -0.05) is 25.1 Å². The average Bonchev–Trinajstić information content (AvgIpc) is 2.66. The van der Waals surface area contributed by atoms with E-state index in [1.165, 1.54) is 10.9 Å². The fraction of sp³-hybridized carbons (Fsp3) is 0.467. The van der Waals surface area contributed by atoms with Crippen molar-refractivity contribution in [2.75, 3.05) is 20.3 Å². The lowest BCUT2D eigenvalue weighted by atomic mass is 10.1. The minimum absolute atomic E-state index is 0.522. The zero-order valence-electron chi connectivity index (χ0n) is 11.3. The molecule has 1 aromatic carbocycles. The molecule has 98 valence electrons. The van der Waals surface area contributed by atoms with Gasteiger partial charge in [0.2, 0.25) is 0 Å². The number of fused-ring (bicyclic) bond motifs is 1. The van der Waals surface area contributed by atoms with E-state index in [-0.39, 0.29) is 0 Å². The maximum absolute atomic E-state index is 5.74. The molecule has 2 rings (SSSR count). The van der Waals surface area contributed by atoms with Crippen LogP contribution in [0.4, 0.5) is 0 Å². The second-order valence-electron chi connectivity index (χ2n) is 4.82. The zero-order valence-corrected chi connectivity index (χ0v) is 11.3. The first kappa shape index (κ1) is 13.1. The van der Waals surface area contributed by atoms with Crippen molar-refractivity contribution in [1.29, 1.82) is 0 Å². The van der Waals surface area contributed by atoms with Gasteiger partial charge in [-0.25, -0.2) is 0 Å². The number of hydrogen-bond donors (Lipinski definition) is 1. The summed E-state index contributed by atoms with van der Waals surface area (Å²) in [4.78, 5) is 0. The Labute approximate surface area is 108 Å². The number of aryl methyl sites for hydroxylation is 1. The van der Waals surface area contributed by atoms with Crippen LogP contribution in [-0.2, 0) is 11.3 Å². The van der Waals surface area contributed by atoms with Gasteiger partial charge in [-0.15, -0.1) is 0 Å². The Morgan fingerprint density at radius 1 is 1.33 bits per heavy atom. The summed E-state index contributed by atoms with van der Waals surface area (Å²) in [5.74, 6) is 1.52. The van der Waals surface area contributed by atoms with E-state index >= 15 is 0 Å². The van der Waals surface area contributed by atoms with E-state index in [1.54, 1.807) is 7.11 Å². The third-order valence-electron chi connectivity index (χ3n) is 3.15. The third kappa shape index (κ3) is 2.92. The highest BCUT2D eigenvalue weighted by atomic mass is 16.5. The van der Waals surface area contributed by atoms with Crippen molar-refractivity contribution in [3.8, 4) is 0 Å². The van der Waals surface area contributed by atoms with Gasteiger partial charge in [-0.3, -0.25) is 0 Å². The summed E-state index contributed by atoms with van der Waals surface area (Å²) in [5.41, 5.74) is 2.23. The second kappa shape index (κ2) is 6.03. The first-order chi connectivity index (χ1) is 8.72. The standard InChI is InChI=1S/C15H21NO2/c1-11(10-17-3)8-16-9-14-12(2)18-15-7-5-4-6-13(14)15/h4-7,11,16H,8-10H2,1-3H3. The van der Waals surface area contributed by atoms with Crippen LogP contribution in [0.1, 0.15) is 18.2 Å². The van der Waals surface area contributed by atoms with Crippen molar-refractivity contribution in [2.24, 2.45) is 5.92 Å². The molecule has 0 saturated carbocycles. The molecule has 1 N–H and O–H groups in total. The lowest BCUT2D eigenvalue weighted by Gasteiger charge is -2.11. The van der Waals surface area contributed by atoms with Crippen molar-refractivity contribution in [3.05, 3.63) is 35.6 Å². The number of ether oxygens (including phenoxy) is 1. The topological polar surface area (TPSA) is 34.4 Å². The monoisotopic (exact) mass is 247 g/mol. The number of para-hydroxylation sites is 1. The van der Waals surface area contributed by atoms with Crippen LogP contribution in [0, 0.1) is 12.8 Å². The smallest absolute Gasteiger partial charge is 0.134 e. The number of rotatable bonds is 6. The van der Waals surface area contributed by atoms with Crippen molar-refractivity contribution in [3.63, 3.8) is 0 Å². The molecule has 3 heteroatoms. The van der Waals surface area contributed by atoms with E-state index in [1.807, 2.05) is 25.1 Å². The van der Waals surface area contributed by atoms with E-state index in [2.05, 4.69) is 18.3 Å². The predicted octanol–water partition coefficient (Wildman–Crippen LogP) is 3.11. The molecule has 2 aromatic rings. The van der Waals surface area contributed by atoms with Crippen molar-refractivity contribution < 1.29 is 9.15 Å². The van der Waals surface area contributed by atoms with Gasteiger partial charge in [-0.05, 0) is 18.9 Å². The summed E-state index contributed by atoms with van der Waals surface area (Å²) < 4.78 is 10.9. The lowest BCUT2D eigenvalue weighted by molar-refractivity contribution is 0.158. The Morgan fingerprint density at radius 2 is 2.11 bits per heavy atom. The van der Waals surface area contributed by atoms with Crippen LogP contribution in [0.5, 0.6) is 0 Å². The number of hydrogen-bond acceptors (Lipinski definition) is 3. The largest absolute Gasteiger partial charge is 0.461 e. The van der Waals surface area contributed by atoms with Gasteiger partial charge < -0.3 is 14.5 Å². The minimum atomic E-state index is 0.522. The molecule has 0 spiro atoms. The summed E-state index contributed by atoms with van der Waals surface area (Å²) in [6.07, 6.45) is 0. The number of methoxy groups -OCH3 is 1. The molecule has 0 fully saturated rings. The second-order valence-corrected chi connectivity index (χ2v) is 4.82. The van der Waals surface area contributed by atoms with Crippen molar-refractivity contribution in [1.82, 2.24) is 5.32 Å². The first-order valence-electron chi connectivity index (χ1n) is 6.39. The van der Waals surface area contributed by atoms with Crippen LogP contribution in [0.15, 0.2) is 28.7 Å². The maximum atomic E-state index is 5.74. The van der Waals surface area contributed by atoms with Gasteiger partial charge in [0, 0.05) is 37.8 Å². The molecular weight excluding hydrogens is 226 g/mol. The van der Waals surface area contributed by atoms with Crippen molar-refractivity contribution >= 4 is 11.0 Å². The van der Waals surface area contributed by atoms with E-state index in [0.29, 0.717) is 5.92 Å². The number of furan rings is 1. The SMILES string of the molecule is COCC(C)CNCc1c(C)oc2ccccc12. The molecule has 1 aromatic heterocycles. The van der Waals surface area contributed by atoms with Crippen LogP contribution in [-0.4, -0.2) is 20.3 Å². The molecule has 0 aliphatic heterocycles. The number of benzene rings is 1. The molecule has 0 saturated heterocycles. The fourth-order valence-corrected chi connectivity index (χ4v) is 2.23. The quantitative estimate of drug-likeness (QED) is 0.851. The molecule has 0 aliphatic carbocycles. The molecule has 18 heavy (non-hydrogen) atoms. The van der Waals surface area contributed by atoms with Gasteiger partial charge >= 0.3 is 0 Å². The van der Waals surface area contributed by atoms with Gasteiger partial charge in [0.15, 0.2) is 0 Å². The zero-order chi connectivity index (χ0) is 13.0. The highest BCUT2D eigenvalue weighted by molar-refractivity contribution is 5.82. The highest BCUT2D eigenvalue weighted by Crippen LogP contribution is 2.24. The van der Waals surface area contributed by atoms with Crippen LogP contribution in [0.25, 0.3) is 11.0 Å². The number of nitrogens with one attached hydrogen (secondary N) is 1. The van der Waals surface area contributed by atoms with Crippen molar-refractivity contribution in [2.45, 2.75) is 20.4 Å². The average molecular weight is 247 g/mol. The summed E-state index contributed by atoms with van der Waals surface area (Å²) in [5, 5.41) is 4.68. The van der Waals surface area contributed by atoms with Crippen LogP contribution in [0.2, 0.25) is 0 Å². The first-order valence-corrected chi connectivity index (χ1v) is 6.39. The molecule has 1 unspecified atom stereocenters. The molecule has 3 nitrogen and oxygen atoms in total. The Kier molecular flexibility index (Phi) is 4.39. The van der Waals surface area contributed by atoms with E-state index in [4.69, 9.17) is 9.15 Å². The highest BCUT2D eigenvalue weighted by Gasteiger charge is 2.10. The molecular formula is C15H21NO2. The summed E-state index contributed by atoms with van der Waals surface area (Å²) in [6, 6.07) is 8.18. The summed E-state index contributed by atoms with van der Waals surface area (Å²) >= 11 is 0. The lowest BCUT2D eigenvalue weighted by Crippen LogP contribution is -2.23. The molecule has 0 amide bonds. The van der Waals surface area contributed by atoms with Crippen LogP contribution < -0.4 is 5.32 Å². The van der Waals surface area contributed by atoms with E-state index in [0.717, 1.165) is 31.0 Å². The Morgan fingerprint density at radius 3 is 2.89 bits per heavy atom. The molecule has 0 bridgehead atoms. The Balaban J connectivity index is 2.01. The summed E-state index contributed by atoms with van der Waals surface area (Å²) in [6.45, 7) is 6.79. The van der Waals surface area contributed by atoms with Gasteiger partial charge in [0.25, 0.3) is 0 Å². The molecule has 0 aliphatic rings. The minimum Gasteiger partial charge on any atom is -0.461 e. The third-order valence-corrected chi connectivity index (χ3v) is 3.15. The molecule has 0 radical (unpaired) electrons. The van der Waals surface area contributed by atoms with E-state index < -0.39 is 0 Å².